The first-order valence-corrected chi connectivity index (χ1v) is 5.28. The van der Waals surface area contributed by atoms with Crippen LogP contribution in [0.25, 0.3) is 0 Å². The lowest BCUT2D eigenvalue weighted by Crippen LogP contribution is -2.18. The van der Waals surface area contributed by atoms with E-state index in [1.165, 1.54) is 6.07 Å². The predicted molar refractivity (Wildman–Crippen MR) is 45.5 cm³/mol. The minimum atomic E-state index is -4.25. The Balaban J connectivity index is 3.31. The van der Waals surface area contributed by atoms with E-state index in [4.69, 9.17) is 5.14 Å². The Hall–Kier alpha value is -1.15. The number of hydrogen-bond acceptors (Lipinski definition) is 3. The van der Waals surface area contributed by atoms with Crippen molar-refractivity contribution in [2.75, 3.05) is 0 Å². The Morgan fingerprint density at radius 1 is 1.33 bits per heavy atom. The Kier molecular flexibility index (Phi) is 3.30. The number of nitrogens with zero attached hydrogens (tertiary/aromatic N) is 1. The van der Waals surface area contributed by atoms with Gasteiger partial charge in [-0.2, -0.15) is 0 Å². The fourth-order valence-corrected chi connectivity index (χ4v) is 1.69. The predicted octanol–water partition coefficient (Wildman–Crippen LogP) is 1.00. The molecule has 0 aliphatic carbocycles. The molecule has 0 aromatic carbocycles. The summed E-state index contributed by atoms with van der Waals surface area (Å²) in [5.74, 6) is 0. The van der Waals surface area contributed by atoms with Crippen LogP contribution in [0.1, 0.15) is 11.9 Å². The molecule has 0 spiro atoms. The SMILES string of the molecule is NS(=O)(=O)c1cccnc1C(F)C(F)F. The highest BCUT2D eigenvalue weighted by atomic mass is 32.2. The van der Waals surface area contributed by atoms with Gasteiger partial charge in [0.2, 0.25) is 16.2 Å². The van der Waals surface area contributed by atoms with E-state index in [2.05, 4.69) is 4.98 Å². The Labute approximate surface area is 84.0 Å². The van der Waals surface area contributed by atoms with Crippen molar-refractivity contribution in [1.82, 2.24) is 4.98 Å². The highest BCUT2D eigenvalue weighted by molar-refractivity contribution is 7.89. The van der Waals surface area contributed by atoms with E-state index in [0.29, 0.717) is 0 Å². The van der Waals surface area contributed by atoms with E-state index >= 15 is 0 Å². The first-order chi connectivity index (χ1) is 6.84. The topological polar surface area (TPSA) is 73.1 Å². The molecule has 0 aliphatic heterocycles. The lowest BCUT2D eigenvalue weighted by atomic mass is 10.2. The first-order valence-electron chi connectivity index (χ1n) is 3.74. The van der Waals surface area contributed by atoms with E-state index in [0.717, 1.165) is 12.3 Å². The zero-order valence-electron chi connectivity index (χ0n) is 7.27. The minimum Gasteiger partial charge on any atom is -0.257 e. The minimum absolute atomic E-state index is 0.724. The van der Waals surface area contributed by atoms with E-state index in [-0.39, 0.29) is 0 Å². The molecule has 0 bridgehead atoms. The number of pyridine rings is 1. The van der Waals surface area contributed by atoms with Crippen molar-refractivity contribution in [3.8, 4) is 0 Å². The van der Waals surface area contributed by atoms with Gasteiger partial charge in [0.05, 0.1) is 0 Å². The van der Waals surface area contributed by atoms with Crippen LogP contribution in [0.5, 0.6) is 0 Å². The van der Waals surface area contributed by atoms with Crippen molar-refractivity contribution in [3.05, 3.63) is 24.0 Å². The average Bonchev–Trinajstić information content (AvgIpc) is 2.15. The fourth-order valence-electron chi connectivity index (χ4n) is 0.970. The van der Waals surface area contributed by atoms with Gasteiger partial charge in [-0.3, -0.25) is 4.98 Å². The quantitative estimate of drug-likeness (QED) is 0.856. The number of sulfonamides is 1. The number of nitrogens with two attached hydrogens (primary N) is 1. The van der Waals surface area contributed by atoms with Crippen molar-refractivity contribution < 1.29 is 21.6 Å². The third-order valence-electron chi connectivity index (χ3n) is 1.59. The van der Waals surface area contributed by atoms with Crippen molar-refractivity contribution in [1.29, 1.82) is 0 Å². The third-order valence-corrected chi connectivity index (χ3v) is 2.55. The summed E-state index contributed by atoms with van der Waals surface area (Å²) in [4.78, 5) is 2.53. The molecule has 2 N–H and O–H groups in total. The van der Waals surface area contributed by atoms with Crippen LogP contribution in [0.4, 0.5) is 13.2 Å². The molecular formula is C7H7F3N2O2S. The van der Waals surface area contributed by atoms with Gasteiger partial charge in [0.15, 0.2) is 0 Å². The lowest BCUT2D eigenvalue weighted by Gasteiger charge is -2.09. The lowest BCUT2D eigenvalue weighted by molar-refractivity contribution is 0.0457. The second kappa shape index (κ2) is 4.15. The highest BCUT2D eigenvalue weighted by Crippen LogP contribution is 2.27. The van der Waals surface area contributed by atoms with Crippen LogP contribution in [-0.4, -0.2) is 19.8 Å². The number of halogens is 3. The van der Waals surface area contributed by atoms with Gasteiger partial charge in [-0.1, -0.05) is 0 Å². The van der Waals surface area contributed by atoms with Crippen LogP contribution < -0.4 is 5.14 Å². The second-order valence-corrected chi connectivity index (χ2v) is 4.20. The summed E-state index contributed by atoms with van der Waals surface area (Å²) in [6, 6.07) is 2.09. The van der Waals surface area contributed by atoms with Crippen molar-refractivity contribution in [2.24, 2.45) is 5.14 Å². The van der Waals surface area contributed by atoms with E-state index in [1.807, 2.05) is 0 Å². The van der Waals surface area contributed by atoms with Crippen LogP contribution >= 0.6 is 0 Å². The maximum atomic E-state index is 12.9. The molecule has 1 aromatic rings. The second-order valence-electron chi connectivity index (χ2n) is 2.67. The van der Waals surface area contributed by atoms with E-state index < -0.39 is 33.2 Å². The van der Waals surface area contributed by atoms with Crippen LogP contribution in [0.2, 0.25) is 0 Å². The summed E-state index contributed by atoms with van der Waals surface area (Å²) in [5.41, 5.74) is -0.866. The molecule has 15 heavy (non-hydrogen) atoms. The molecule has 0 saturated carbocycles. The standard InChI is InChI=1S/C7H7F3N2O2S/c8-5(7(9)10)6-4(15(11,13)14)2-1-3-12-6/h1-3,5,7H,(H2,11,13,14). The van der Waals surface area contributed by atoms with Gasteiger partial charge < -0.3 is 0 Å². The summed E-state index contributed by atoms with van der Waals surface area (Å²) in [6.07, 6.45) is -5.10. The molecule has 0 aliphatic rings. The molecule has 1 aromatic heterocycles. The fraction of sp³-hybridized carbons (Fsp3) is 0.286. The maximum Gasteiger partial charge on any atom is 0.275 e. The molecule has 0 fully saturated rings. The van der Waals surface area contributed by atoms with Gasteiger partial charge in [0.25, 0.3) is 6.43 Å². The monoisotopic (exact) mass is 240 g/mol. The zero-order valence-corrected chi connectivity index (χ0v) is 8.09. The van der Waals surface area contributed by atoms with Gasteiger partial charge in [-0.05, 0) is 12.1 Å². The number of aromatic nitrogens is 1. The van der Waals surface area contributed by atoms with Crippen LogP contribution in [0.15, 0.2) is 23.2 Å². The molecular weight excluding hydrogens is 233 g/mol. The Morgan fingerprint density at radius 2 is 1.93 bits per heavy atom. The van der Waals surface area contributed by atoms with Crippen LogP contribution in [-0.2, 0) is 10.0 Å². The van der Waals surface area contributed by atoms with E-state index in [9.17, 15) is 21.6 Å². The van der Waals surface area contributed by atoms with Gasteiger partial charge in [0.1, 0.15) is 10.6 Å². The molecule has 0 radical (unpaired) electrons. The number of hydrogen-bond donors (Lipinski definition) is 1. The largest absolute Gasteiger partial charge is 0.275 e. The highest BCUT2D eigenvalue weighted by Gasteiger charge is 2.28. The third kappa shape index (κ3) is 2.66. The average molecular weight is 240 g/mol. The molecule has 0 amide bonds. The van der Waals surface area contributed by atoms with Crippen LogP contribution in [0.3, 0.4) is 0 Å². The Morgan fingerprint density at radius 3 is 2.40 bits per heavy atom. The normalized spacial score (nSPS) is 14.2. The van der Waals surface area contributed by atoms with Gasteiger partial charge in [-0.15, -0.1) is 0 Å². The summed E-state index contributed by atoms with van der Waals surface area (Å²) < 4.78 is 58.8. The van der Waals surface area contributed by atoms with Crippen molar-refractivity contribution in [2.45, 2.75) is 17.5 Å². The molecule has 4 nitrogen and oxygen atoms in total. The van der Waals surface area contributed by atoms with Gasteiger partial charge >= 0.3 is 0 Å². The van der Waals surface area contributed by atoms with Gasteiger partial charge in [-0.25, -0.2) is 26.7 Å². The molecule has 1 rings (SSSR count). The smallest absolute Gasteiger partial charge is 0.257 e. The molecule has 1 unspecified atom stereocenters. The molecule has 0 saturated heterocycles. The zero-order chi connectivity index (χ0) is 11.6. The summed E-state index contributed by atoms with van der Waals surface area (Å²) in [5, 5.41) is 4.72. The van der Waals surface area contributed by atoms with Crippen LogP contribution in [0, 0.1) is 0 Å². The first kappa shape index (κ1) is 11.9. The molecule has 84 valence electrons. The van der Waals surface area contributed by atoms with Gasteiger partial charge in [0, 0.05) is 6.20 Å². The molecule has 1 atom stereocenters. The Bertz CT molecular complexity index is 449. The molecule has 1 heterocycles. The van der Waals surface area contributed by atoms with Crippen molar-refractivity contribution in [3.63, 3.8) is 0 Å². The summed E-state index contributed by atoms with van der Waals surface area (Å²) in [7, 11) is -4.25. The summed E-state index contributed by atoms with van der Waals surface area (Å²) >= 11 is 0. The van der Waals surface area contributed by atoms with E-state index in [1.54, 1.807) is 0 Å². The molecule has 8 heteroatoms. The number of rotatable bonds is 3. The summed E-state index contributed by atoms with van der Waals surface area (Å²) in [6.45, 7) is 0. The maximum absolute atomic E-state index is 12.9. The van der Waals surface area contributed by atoms with Crippen molar-refractivity contribution >= 4 is 10.0 Å². The number of alkyl halides is 3. The number of primary sulfonamides is 1.